The number of anilines is 1. The molecule has 11 heteroatoms. The fourth-order valence-corrected chi connectivity index (χ4v) is 6.82. The number of thiophene rings is 1. The zero-order valence-electron chi connectivity index (χ0n) is 19.2. The van der Waals surface area contributed by atoms with Crippen LogP contribution in [0.25, 0.3) is 10.2 Å². The molecule has 0 bridgehead atoms. The minimum Gasteiger partial charge on any atom is -0.497 e. The van der Waals surface area contributed by atoms with E-state index < -0.39 is 5.97 Å². The van der Waals surface area contributed by atoms with Crippen LogP contribution in [0.1, 0.15) is 27.2 Å². The molecule has 4 rings (SSSR count). The van der Waals surface area contributed by atoms with Gasteiger partial charge in [-0.25, -0.2) is 4.79 Å². The average molecular weight is 530 g/mol. The molecule has 3 aromatic rings. The third kappa shape index (κ3) is 5.45. The van der Waals surface area contributed by atoms with Crippen molar-refractivity contribution in [2.45, 2.75) is 25.8 Å². The Balaban J connectivity index is 1.41. The molecule has 35 heavy (non-hydrogen) atoms. The second-order valence-electron chi connectivity index (χ2n) is 7.61. The fraction of sp³-hybridized carbons (Fsp3) is 0.333. The minimum atomic E-state index is -0.442. The predicted molar refractivity (Wildman–Crippen MR) is 139 cm³/mol. The van der Waals surface area contributed by atoms with Crippen molar-refractivity contribution in [1.82, 2.24) is 4.57 Å². The number of carbonyl (C=O) groups excluding carboxylic acids is 3. The number of benzene rings is 1. The van der Waals surface area contributed by atoms with E-state index in [-0.39, 0.29) is 29.9 Å². The van der Waals surface area contributed by atoms with Crippen LogP contribution in [0, 0.1) is 12.3 Å². The number of terminal acetylenes is 1. The molecule has 0 saturated heterocycles. The van der Waals surface area contributed by atoms with Crippen molar-refractivity contribution < 1.29 is 23.9 Å². The smallest absolute Gasteiger partial charge is 0.341 e. The van der Waals surface area contributed by atoms with Gasteiger partial charge in [-0.05, 0) is 43.0 Å². The summed E-state index contributed by atoms with van der Waals surface area (Å²) < 4.78 is 12.9. The fourth-order valence-electron chi connectivity index (χ4n) is 3.85. The SMILES string of the molecule is C#CCn1c(=NC(=O)CSCC(=O)Nc2sc3c(c2C(=O)OC)CCC3)sc2cc(OC)ccc21. The van der Waals surface area contributed by atoms with Crippen LogP contribution in [-0.2, 0) is 33.7 Å². The number of nitrogens with one attached hydrogen (secondary N) is 1. The maximum absolute atomic E-state index is 12.5. The summed E-state index contributed by atoms with van der Waals surface area (Å²) in [6.45, 7) is 0.279. The van der Waals surface area contributed by atoms with Gasteiger partial charge in [-0.15, -0.1) is 29.5 Å². The van der Waals surface area contributed by atoms with Crippen LogP contribution in [-0.4, -0.2) is 48.1 Å². The van der Waals surface area contributed by atoms with Gasteiger partial charge in [0.2, 0.25) is 5.91 Å². The molecule has 0 aliphatic heterocycles. The van der Waals surface area contributed by atoms with Crippen LogP contribution in [0.4, 0.5) is 5.00 Å². The van der Waals surface area contributed by atoms with E-state index in [9.17, 15) is 14.4 Å². The number of thiazole rings is 1. The summed E-state index contributed by atoms with van der Waals surface area (Å²) >= 11 is 3.93. The normalized spacial score (nSPS) is 12.9. The Morgan fingerprint density at radius 2 is 2.06 bits per heavy atom. The van der Waals surface area contributed by atoms with Gasteiger partial charge in [0, 0.05) is 4.88 Å². The Kier molecular flexibility index (Phi) is 7.95. The van der Waals surface area contributed by atoms with Gasteiger partial charge in [0.25, 0.3) is 5.91 Å². The molecule has 1 aliphatic rings. The number of methoxy groups -OCH3 is 2. The number of thioether (sulfide) groups is 1. The highest BCUT2D eigenvalue weighted by atomic mass is 32.2. The lowest BCUT2D eigenvalue weighted by Gasteiger charge is -2.06. The lowest BCUT2D eigenvalue weighted by Crippen LogP contribution is -2.19. The first kappa shape index (κ1) is 25.0. The second kappa shape index (κ2) is 11.1. The number of aromatic nitrogens is 1. The van der Waals surface area contributed by atoms with Gasteiger partial charge in [0.15, 0.2) is 4.80 Å². The zero-order valence-corrected chi connectivity index (χ0v) is 21.7. The molecule has 1 aromatic carbocycles. The number of hydrogen-bond donors (Lipinski definition) is 1. The van der Waals surface area contributed by atoms with Crippen LogP contribution in [0.2, 0.25) is 0 Å². The van der Waals surface area contributed by atoms with Crippen molar-refractivity contribution in [2.24, 2.45) is 4.99 Å². The first-order chi connectivity index (χ1) is 16.9. The highest BCUT2D eigenvalue weighted by Gasteiger charge is 2.28. The molecule has 2 aromatic heterocycles. The number of amides is 2. The molecule has 2 heterocycles. The standard InChI is InChI=1S/C24H23N3O5S3/c1-4-10-27-16-9-8-14(31-2)11-18(16)35-24(27)26-20(29)13-33-12-19(28)25-22-21(23(30)32-3)15-6-5-7-17(15)34-22/h1,8-9,11H,5-7,10,12-13H2,2-3H3,(H,25,28). The zero-order chi connectivity index (χ0) is 24.9. The molecular weight excluding hydrogens is 506 g/mol. The number of fused-ring (bicyclic) bond motifs is 2. The molecule has 0 fully saturated rings. The molecule has 1 aliphatic carbocycles. The van der Waals surface area contributed by atoms with Crippen molar-refractivity contribution in [3.63, 3.8) is 0 Å². The largest absolute Gasteiger partial charge is 0.497 e. The van der Waals surface area contributed by atoms with Crippen LogP contribution in [0.5, 0.6) is 5.75 Å². The number of hydrogen-bond acceptors (Lipinski definition) is 8. The number of ether oxygens (including phenoxy) is 2. The van der Waals surface area contributed by atoms with E-state index in [2.05, 4.69) is 16.2 Å². The van der Waals surface area contributed by atoms with Crippen molar-refractivity contribution >= 4 is 67.4 Å². The Labute approximate surface area is 214 Å². The molecule has 0 radical (unpaired) electrons. The quantitative estimate of drug-likeness (QED) is 0.354. The molecule has 182 valence electrons. The van der Waals surface area contributed by atoms with Crippen LogP contribution in [0.15, 0.2) is 23.2 Å². The van der Waals surface area contributed by atoms with Crippen molar-refractivity contribution in [3.05, 3.63) is 39.0 Å². The van der Waals surface area contributed by atoms with Gasteiger partial charge in [-0.1, -0.05) is 17.3 Å². The van der Waals surface area contributed by atoms with Gasteiger partial charge in [-0.2, -0.15) is 4.99 Å². The van der Waals surface area contributed by atoms with Crippen LogP contribution in [0.3, 0.4) is 0 Å². The Bertz CT molecular complexity index is 1410. The summed E-state index contributed by atoms with van der Waals surface area (Å²) in [5, 5.41) is 3.33. The summed E-state index contributed by atoms with van der Waals surface area (Å²) in [5.41, 5.74) is 2.30. The van der Waals surface area contributed by atoms with E-state index >= 15 is 0 Å². The number of rotatable bonds is 8. The molecule has 8 nitrogen and oxygen atoms in total. The number of carbonyl (C=O) groups is 3. The van der Waals surface area contributed by atoms with Crippen molar-refractivity contribution in [1.29, 1.82) is 0 Å². The Hall–Kier alpha value is -3.07. The summed E-state index contributed by atoms with van der Waals surface area (Å²) in [4.78, 5) is 43.1. The number of aryl methyl sites for hydroxylation is 1. The van der Waals surface area contributed by atoms with Crippen LogP contribution >= 0.6 is 34.4 Å². The van der Waals surface area contributed by atoms with E-state index in [0.717, 1.165) is 51.7 Å². The second-order valence-corrected chi connectivity index (χ2v) is 10.7. The molecule has 2 amide bonds. The molecular formula is C24H23N3O5S3. The van der Waals surface area contributed by atoms with Gasteiger partial charge in [-0.3, -0.25) is 9.59 Å². The van der Waals surface area contributed by atoms with Gasteiger partial charge >= 0.3 is 5.97 Å². The predicted octanol–water partition coefficient (Wildman–Crippen LogP) is 3.48. The molecule has 0 atom stereocenters. The molecule has 0 saturated carbocycles. The molecule has 1 N–H and O–H groups in total. The number of esters is 1. The average Bonchev–Trinajstić information content (AvgIpc) is 3.51. The number of nitrogens with zero attached hydrogens (tertiary/aromatic N) is 2. The monoisotopic (exact) mass is 529 g/mol. The highest BCUT2D eigenvalue weighted by molar-refractivity contribution is 8.00. The minimum absolute atomic E-state index is 0.0336. The van der Waals surface area contributed by atoms with E-state index in [1.54, 1.807) is 11.7 Å². The van der Waals surface area contributed by atoms with E-state index in [4.69, 9.17) is 15.9 Å². The first-order valence-electron chi connectivity index (χ1n) is 10.7. The van der Waals surface area contributed by atoms with E-state index in [0.29, 0.717) is 21.1 Å². The Morgan fingerprint density at radius 3 is 2.80 bits per heavy atom. The van der Waals surface area contributed by atoms with Gasteiger partial charge in [0.1, 0.15) is 10.8 Å². The topological polar surface area (TPSA) is 99.0 Å². The van der Waals surface area contributed by atoms with Crippen LogP contribution < -0.4 is 14.9 Å². The summed E-state index contributed by atoms with van der Waals surface area (Å²) in [5.74, 6) is 2.29. The van der Waals surface area contributed by atoms with E-state index in [1.807, 2.05) is 18.2 Å². The third-order valence-electron chi connectivity index (χ3n) is 5.38. The Morgan fingerprint density at radius 1 is 1.23 bits per heavy atom. The van der Waals surface area contributed by atoms with Gasteiger partial charge < -0.3 is 19.4 Å². The summed E-state index contributed by atoms with van der Waals surface area (Å²) in [6, 6.07) is 5.59. The maximum Gasteiger partial charge on any atom is 0.341 e. The third-order valence-corrected chi connectivity index (χ3v) is 8.55. The summed E-state index contributed by atoms with van der Waals surface area (Å²) in [7, 11) is 2.92. The highest BCUT2D eigenvalue weighted by Crippen LogP contribution is 2.39. The maximum atomic E-state index is 12.5. The van der Waals surface area contributed by atoms with Crippen molar-refractivity contribution in [3.8, 4) is 18.1 Å². The van der Waals surface area contributed by atoms with Crippen molar-refractivity contribution in [2.75, 3.05) is 31.0 Å². The van der Waals surface area contributed by atoms with Gasteiger partial charge in [0.05, 0.1) is 48.1 Å². The lowest BCUT2D eigenvalue weighted by molar-refractivity contribution is -0.115. The molecule has 0 spiro atoms. The molecule has 0 unspecified atom stereocenters. The van der Waals surface area contributed by atoms with E-state index in [1.165, 1.54) is 29.8 Å². The first-order valence-corrected chi connectivity index (χ1v) is 13.5. The lowest BCUT2D eigenvalue weighted by atomic mass is 10.1. The summed E-state index contributed by atoms with van der Waals surface area (Å²) in [6.07, 6.45) is 8.21.